The van der Waals surface area contributed by atoms with Crippen molar-refractivity contribution in [2.75, 3.05) is 6.54 Å². The number of hydrogen-bond acceptors (Lipinski definition) is 2. The fraction of sp³-hybridized carbons (Fsp3) is 0.667. The van der Waals surface area contributed by atoms with E-state index in [0.29, 0.717) is 0 Å². The van der Waals surface area contributed by atoms with Crippen LogP contribution in [0.4, 0.5) is 13.2 Å². The third-order valence-corrected chi connectivity index (χ3v) is 1.10. The van der Waals surface area contributed by atoms with Crippen molar-refractivity contribution in [3.05, 3.63) is 0 Å². The lowest BCUT2D eigenvalue weighted by Gasteiger charge is -2.05. The molecule has 0 fully saturated rings. The van der Waals surface area contributed by atoms with E-state index in [1.54, 1.807) is 0 Å². The predicted molar refractivity (Wildman–Crippen MR) is 37.5 cm³/mol. The Kier molecular flexibility index (Phi) is 4.22. The quantitative estimate of drug-likeness (QED) is 0.663. The molecular formula is C6H9F3N2O2. The molecule has 0 atom stereocenters. The number of halogens is 3. The molecule has 0 heterocycles. The predicted octanol–water partition coefficient (Wildman–Crippen LogP) is -0.0696. The Labute approximate surface area is 72.3 Å². The van der Waals surface area contributed by atoms with E-state index in [4.69, 9.17) is 0 Å². The molecular weight excluding hydrogens is 189 g/mol. The summed E-state index contributed by atoms with van der Waals surface area (Å²) in [5, 5.41) is 1.94. The molecule has 0 bridgehead atoms. The van der Waals surface area contributed by atoms with Crippen molar-refractivity contribution in [2.24, 2.45) is 5.73 Å². The van der Waals surface area contributed by atoms with E-state index in [9.17, 15) is 22.8 Å². The SMILES string of the molecule is NC(=O)CNC(=O)CCC(F)(F)F. The van der Waals surface area contributed by atoms with Crippen LogP contribution >= 0.6 is 0 Å². The van der Waals surface area contributed by atoms with Crippen molar-refractivity contribution >= 4 is 11.8 Å². The highest BCUT2D eigenvalue weighted by Gasteiger charge is 2.27. The second kappa shape index (κ2) is 4.68. The maximum absolute atomic E-state index is 11.5. The fourth-order valence-corrected chi connectivity index (χ4v) is 0.529. The first-order chi connectivity index (χ1) is 5.81. The molecule has 0 unspecified atom stereocenters. The number of nitrogens with one attached hydrogen (secondary N) is 1. The third kappa shape index (κ3) is 8.64. The summed E-state index contributed by atoms with van der Waals surface area (Å²) in [6.07, 6.45) is -6.24. The van der Waals surface area contributed by atoms with Crippen molar-refractivity contribution in [3.8, 4) is 0 Å². The van der Waals surface area contributed by atoms with E-state index in [1.165, 1.54) is 0 Å². The summed E-state index contributed by atoms with van der Waals surface area (Å²) in [5.41, 5.74) is 4.65. The van der Waals surface area contributed by atoms with Crippen LogP contribution in [0.15, 0.2) is 0 Å². The van der Waals surface area contributed by atoms with Crippen LogP contribution in [0, 0.1) is 0 Å². The Balaban J connectivity index is 3.58. The molecule has 2 amide bonds. The highest BCUT2D eigenvalue weighted by molar-refractivity contribution is 5.83. The summed E-state index contributed by atoms with van der Waals surface area (Å²) < 4.78 is 34.6. The number of rotatable bonds is 4. The van der Waals surface area contributed by atoms with Gasteiger partial charge in [0.2, 0.25) is 11.8 Å². The van der Waals surface area contributed by atoms with Gasteiger partial charge in [-0.25, -0.2) is 0 Å². The Hall–Kier alpha value is -1.27. The van der Waals surface area contributed by atoms with Crippen molar-refractivity contribution in [3.63, 3.8) is 0 Å². The molecule has 0 aliphatic rings. The molecule has 0 aliphatic carbocycles. The molecule has 0 aromatic rings. The van der Waals surface area contributed by atoms with Crippen LogP contribution in [0.5, 0.6) is 0 Å². The van der Waals surface area contributed by atoms with Crippen LogP contribution in [-0.2, 0) is 9.59 Å². The van der Waals surface area contributed by atoms with E-state index in [-0.39, 0.29) is 0 Å². The molecule has 4 nitrogen and oxygen atoms in total. The molecule has 0 spiro atoms. The van der Waals surface area contributed by atoms with Gasteiger partial charge in [-0.2, -0.15) is 13.2 Å². The summed E-state index contributed by atoms with van der Waals surface area (Å²) in [4.78, 5) is 20.7. The second-order valence-corrected chi connectivity index (χ2v) is 2.36. The standard InChI is InChI=1S/C6H9F3N2O2/c7-6(8,9)2-1-5(13)11-3-4(10)12/h1-3H2,(H2,10,12)(H,11,13). The van der Waals surface area contributed by atoms with E-state index in [2.05, 4.69) is 5.73 Å². The van der Waals surface area contributed by atoms with Gasteiger partial charge in [0.05, 0.1) is 13.0 Å². The van der Waals surface area contributed by atoms with Crippen molar-refractivity contribution in [1.29, 1.82) is 0 Å². The van der Waals surface area contributed by atoms with Gasteiger partial charge in [0.25, 0.3) is 0 Å². The third-order valence-electron chi connectivity index (χ3n) is 1.10. The van der Waals surface area contributed by atoms with Gasteiger partial charge in [-0.3, -0.25) is 9.59 Å². The zero-order chi connectivity index (χ0) is 10.5. The van der Waals surface area contributed by atoms with Gasteiger partial charge in [-0.1, -0.05) is 0 Å². The first-order valence-corrected chi connectivity index (χ1v) is 3.43. The summed E-state index contributed by atoms with van der Waals surface area (Å²) in [5.74, 6) is -1.63. The van der Waals surface area contributed by atoms with Gasteiger partial charge in [0, 0.05) is 6.42 Å². The number of amides is 2. The summed E-state index contributed by atoms with van der Waals surface area (Å²) in [7, 11) is 0. The van der Waals surface area contributed by atoms with Crippen molar-refractivity contribution in [1.82, 2.24) is 5.32 Å². The minimum Gasteiger partial charge on any atom is -0.368 e. The number of hydrogen-bond donors (Lipinski definition) is 2. The fourth-order valence-electron chi connectivity index (χ4n) is 0.529. The van der Waals surface area contributed by atoms with Crippen molar-refractivity contribution in [2.45, 2.75) is 19.0 Å². The number of alkyl halides is 3. The minimum atomic E-state index is -4.36. The zero-order valence-electron chi connectivity index (χ0n) is 6.65. The van der Waals surface area contributed by atoms with Crippen LogP contribution in [0.25, 0.3) is 0 Å². The maximum Gasteiger partial charge on any atom is 0.389 e. The first kappa shape index (κ1) is 11.7. The van der Waals surface area contributed by atoms with E-state index < -0.39 is 37.4 Å². The van der Waals surface area contributed by atoms with E-state index in [1.807, 2.05) is 5.32 Å². The van der Waals surface area contributed by atoms with Crippen LogP contribution < -0.4 is 11.1 Å². The zero-order valence-corrected chi connectivity index (χ0v) is 6.65. The number of primary amides is 1. The monoisotopic (exact) mass is 198 g/mol. The number of carbonyl (C=O) groups excluding carboxylic acids is 2. The van der Waals surface area contributed by atoms with Crippen LogP contribution in [0.1, 0.15) is 12.8 Å². The Bertz CT molecular complexity index is 203. The van der Waals surface area contributed by atoms with E-state index in [0.717, 1.165) is 0 Å². The molecule has 7 heteroatoms. The molecule has 0 saturated carbocycles. The lowest BCUT2D eigenvalue weighted by Crippen LogP contribution is -2.33. The lowest BCUT2D eigenvalue weighted by molar-refractivity contribution is -0.144. The lowest BCUT2D eigenvalue weighted by atomic mass is 10.3. The van der Waals surface area contributed by atoms with Crippen LogP contribution in [-0.4, -0.2) is 24.5 Å². The molecule has 13 heavy (non-hydrogen) atoms. The van der Waals surface area contributed by atoms with E-state index >= 15 is 0 Å². The van der Waals surface area contributed by atoms with Crippen LogP contribution in [0.3, 0.4) is 0 Å². The molecule has 0 aromatic heterocycles. The molecule has 0 radical (unpaired) electrons. The number of nitrogens with two attached hydrogens (primary N) is 1. The smallest absolute Gasteiger partial charge is 0.368 e. The van der Waals surface area contributed by atoms with Gasteiger partial charge >= 0.3 is 6.18 Å². The molecule has 0 aliphatic heterocycles. The molecule has 0 saturated heterocycles. The minimum absolute atomic E-state index is 0.434. The highest BCUT2D eigenvalue weighted by atomic mass is 19.4. The molecule has 3 N–H and O–H groups in total. The van der Waals surface area contributed by atoms with Gasteiger partial charge in [-0.05, 0) is 0 Å². The molecule has 76 valence electrons. The summed E-state index contributed by atoms with van der Waals surface area (Å²) in [6, 6.07) is 0. The maximum atomic E-state index is 11.5. The van der Waals surface area contributed by atoms with Gasteiger partial charge in [-0.15, -0.1) is 0 Å². The molecule has 0 rings (SSSR count). The Morgan fingerprint density at radius 1 is 1.31 bits per heavy atom. The number of carbonyl (C=O) groups is 2. The highest BCUT2D eigenvalue weighted by Crippen LogP contribution is 2.20. The average Bonchev–Trinajstić information content (AvgIpc) is 1.95. The molecule has 0 aromatic carbocycles. The first-order valence-electron chi connectivity index (χ1n) is 3.43. The summed E-state index contributed by atoms with van der Waals surface area (Å²) in [6.45, 7) is -0.434. The average molecular weight is 198 g/mol. The Morgan fingerprint density at radius 2 is 1.85 bits per heavy atom. The normalized spacial score (nSPS) is 11.0. The van der Waals surface area contributed by atoms with Crippen LogP contribution in [0.2, 0.25) is 0 Å². The topological polar surface area (TPSA) is 72.2 Å². The van der Waals surface area contributed by atoms with Gasteiger partial charge in [0.15, 0.2) is 0 Å². The largest absolute Gasteiger partial charge is 0.389 e. The summed E-state index contributed by atoms with van der Waals surface area (Å²) >= 11 is 0. The Morgan fingerprint density at radius 3 is 2.23 bits per heavy atom. The van der Waals surface area contributed by atoms with Gasteiger partial charge in [0.1, 0.15) is 0 Å². The van der Waals surface area contributed by atoms with Gasteiger partial charge < -0.3 is 11.1 Å². The second-order valence-electron chi connectivity index (χ2n) is 2.36. The van der Waals surface area contributed by atoms with Crippen molar-refractivity contribution < 1.29 is 22.8 Å².